The lowest BCUT2D eigenvalue weighted by Gasteiger charge is -2.13. The van der Waals surface area contributed by atoms with Gasteiger partial charge in [-0.1, -0.05) is 18.2 Å². The van der Waals surface area contributed by atoms with Crippen molar-refractivity contribution >= 4 is 23.3 Å². The van der Waals surface area contributed by atoms with Crippen LogP contribution in [0.4, 0.5) is 46.5 Å². The molecule has 0 fully saturated rings. The predicted molar refractivity (Wildman–Crippen MR) is 216 cm³/mol. The van der Waals surface area contributed by atoms with Crippen LogP contribution in [0.3, 0.4) is 0 Å². The molecule has 3 rings (SSSR count). The third kappa shape index (κ3) is 22.8. The molecular weight excluding hydrogens is 906 g/mol. The normalized spacial score (nSPS) is 11.6. The molecule has 15 nitrogen and oxygen atoms in total. The van der Waals surface area contributed by atoms with Crippen molar-refractivity contribution in [3.8, 4) is 5.75 Å². The van der Waals surface area contributed by atoms with Crippen LogP contribution in [0, 0.1) is 29.1 Å². The third-order valence-corrected chi connectivity index (χ3v) is 8.26. The molecule has 0 atom stereocenters. The molecule has 0 amide bonds. The van der Waals surface area contributed by atoms with E-state index in [1.165, 1.54) is 18.2 Å². The second kappa shape index (κ2) is 33.0. The minimum absolute atomic E-state index is 0.0306. The molecule has 0 heterocycles. The lowest BCUT2D eigenvalue weighted by molar-refractivity contribution is -0.138. The fourth-order valence-electron chi connectivity index (χ4n) is 5.05. The first-order valence-electron chi connectivity index (χ1n) is 20.6. The Kier molecular flexibility index (Phi) is 27.9. The van der Waals surface area contributed by atoms with Crippen molar-refractivity contribution < 1.29 is 102 Å². The number of rotatable bonds is 37. The zero-order valence-corrected chi connectivity index (χ0v) is 35.9. The smallest absolute Gasteiger partial charge is 0.416 e. The second-order valence-corrected chi connectivity index (χ2v) is 13.1. The van der Waals surface area contributed by atoms with E-state index in [2.05, 4.69) is 10.1 Å². The van der Waals surface area contributed by atoms with E-state index in [0.717, 1.165) is 12.1 Å². The molecule has 0 spiro atoms. The summed E-state index contributed by atoms with van der Waals surface area (Å²) in [6.07, 6.45) is -5.00. The number of benzene rings is 3. The number of hydrogen-bond donors (Lipinski definition) is 1. The van der Waals surface area contributed by atoms with Crippen molar-refractivity contribution in [1.82, 2.24) is 0 Å². The van der Waals surface area contributed by atoms with Gasteiger partial charge in [-0.25, -0.2) is 18.0 Å². The van der Waals surface area contributed by atoms with Gasteiger partial charge < -0.3 is 62.2 Å². The first-order valence-corrected chi connectivity index (χ1v) is 20.6. The van der Waals surface area contributed by atoms with E-state index in [9.17, 15) is 44.7 Å². The van der Waals surface area contributed by atoms with Gasteiger partial charge in [0.25, 0.3) is 0 Å². The summed E-state index contributed by atoms with van der Waals surface area (Å²) in [5.74, 6) is -14.9. The summed E-state index contributed by atoms with van der Waals surface area (Å²) in [6, 6.07) is 11.0. The molecule has 0 saturated carbocycles. The number of alkyl halides is 3. The van der Waals surface area contributed by atoms with E-state index >= 15 is 0 Å². The number of esters is 2. The first kappa shape index (κ1) is 55.8. The average Bonchev–Trinajstić information content (AvgIpc) is 3.30. The maximum absolute atomic E-state index is 13.6. The van der Waals surface area contributed by atoms with Gasteiger partial charge in [-0.05, 0) is 30.3 Å². The number of carbonyl (C=O) groups is 2. The van der Waals surface area contributed by atoms with E-state index in [4.69, 9.17) is 52.1 Å². The van der Waals surface area contributed by atoms with Gasteiger partial charge in [0.15, 0.2) is 0 Å². The van der Waals surface area contributed by atoms with Gasteiger partial charge in [-0.15, -0.1) is 0 Å². The lowest BCUT2D eigenvalue weighted by Crippen LogP contribution is -2.16. The molecule has 370 valence electrons. The van der Waals surface area contributed by atoms with E-state index in [1.54, 1.807) is 18.2 Å². The summed E-state index contributed by atoms with van der Waals surface area (Å²) >= 11 is 0. The summed E-state index contributed by atoms with van der Waals surface area (Å²) in [5.41, 5.74) is -0.175. The van der Waals surface area contributed by atoms with E-state index in [1.807, 2.05) is 0 Å². The number of hydrogen-bond acceptors (Lipinski definition) is 15. The minimum Gasteiger partial charge on any atom is -0.460 e. The van der Waals surface area contributed by atoms with Crippen molar-refractivity contribution in [3.05, 3.63) is 88.7 Å². The topological polar surface area (TPSA) is 157 Å². The van der Waals surface area contributed by atoms with Crippen LogP contribution in [-0.4, -0.2) is 151 Å². The predicted octanol–water partition coefficient (Wildman–Crippen LogP) is 6.46. The zero-order valence-electron chi connectivity index (χ0n) is 35.9. The molecule has 23 heteroatoms. The first-order chi connectivity index (χ1) is 31.9. The number of para-hydroxylation sites is 1. The van der Waals surface area contributed by atoms with Gasteiger partial charge in [0.1, 0.15) is 6.61 Å². The molecule has 0 bridgehead atoms. The van der Waals surface area contributed by atoms with E-state index < -0.39 is 64.9 Å². The molecule has 0 aliphatic carbocycles. The average molecular weight is 960 g/mol. The van der Waals surface area contributed by atoms with Gasteiger partial charge in [0.2, 0.25) is 34.8 Å². The van der Waals surface area contributed by atoms with Crippen LogP contribution in [-0.2, 0) is 63.1 Å². The molecule has 66 heavy (non-hydrogen) atoms. The Hall–Kier alpha value is -4.56. The Bertz CT molecular complexity index is 1820. The van der Waals surface area contributed by atoms with Crippen molar-refractivity contribution in [2.75, 3.05) is 144 Å². The Morgan fingerprint density at radius 3 is 1.26 bits per heavy atom. The zero-order chi connectivity index (χ0) is 47.8. The number of nitrogens with one attached hydrogen (secondary N) is 1. The highest BCUT2D eigenvalue weighted by atomic mass is 19.4. The summed E-state index contributed by atoms with van der Waals surface area (Å²) < 4.78 is 169. The molecule has 0 aromatic heterocycles. The van der Waals surface area contributed by atoms with Gasteiger partial charge in [0.05, 0.1) is 155 Å². The molecule has 0 unspecified atom stereocenters. The van der Waals surface area contributed by atoms with Crippen LogP contribution in [0.1, 0.15) is 22.3 Å². The summed E-state index contributed by atoms with van der Waals surface area (Å²) in [7, 11) is 0. The van der Waals surface area contributed by atoms with Crippen molar-refractivity contribution in [1.29, 1.82) is 0 Å². The summed E-state index contributed by atoms with van der Waals surface area (Å²) in [4.78, 5) is 24.3. The van der Waals surface area contributed by atoms with Gasteiger partial charge in [-0.3, -0.25) is 4.79 Å². The number of ether oxygens (including phenoxy) is 12. The molecule has 0 saturated heterocycles. The quantitative estimate of drug-likeness (QED) is 0.0168. The second-order valence-electron chi connectivity index (χ2n) is 13.1. The molecule has 3 aromatic carbocycles. The molecule has 3 aromatic rings. The highest BCUT2D eigenvalue weighted by molar-refractivity contribution is 5.96. The number of carbonyl (C=O) groups excluding carboxylic acids is 2. The molecule has 1 N–H and O–H groups in total. The van der Waals surface area contributed by atoms with Crippen LogP contribution in [0.25, 0.3) is 0 Å². The fraction of sp³-hybridized carbons (Fsp3) is 0.535. The highest BCUT2D eigenvalue weighted by Crippen LogP contribution is 2.32. The van der Waals surface area contributed by atoms with Crippen LogP contribution in [0.5, 0.6) is 5.75 Å². The highest BCUT2D eigenvalue weighted by Gasteiger charge is 2.31. The Morgan fingerprint density at radius 2 is 0.833 bits per heavy atom. The standard InChI is InChI=1S/C43H53F8NO14/c44-36-37(45)39(47)41(40(48)38(36)46)66-35(53)8-9-55-10-11-56-12-13-57-14-15-58-16-17-59-18-19-60-20-21-61-22-23-62-24-25-63-26-27-64-28-29-65-42(54)33-6-1-2-7-34(33)52-32-5-3-4-31(30-32)43(49,50)51/h1-7,30,52H,8-29H2. The van der Waals surface area contributed by atoms with Crippen LogP contribution in [0.2, 0.25) is 0 Å². The Labute approximate surface area is 375 Å². The van der Waals surface area contributed by atoms with Crippen LogP contribution >= 0.6 is 0 Å². The molecular formula is C43H53F8NO14. The number of anilines is 2. The Balaban J connectivity index is 0.987. The van der Waals surface area contributed by atoms with Crippen molar-refractivity contribution in [2.45, 2.75) is 12.6 Å². The van der Waals surface area contributed by atoms with Gasteiger partial charge in [0, 0.05) is 5.69 Å². The van der Waals surface area contributed by atoms with E-state index in [-0.39, 0.29) is 64.1 Å². The summed E-state index contributed by atoms with van der Waals surface area (Å²) in [6.45, 7) is 5.58. The largest absolute Gasteiger partial charge is 0.460 e. The van der Waals surface area contributed by atoms with E-state index in [0.29, 0.717) is 91.6 Å². The SMILES string of the molecule is O=C(CCOCCOCCOCCOCCOCCOCCOCCOCCOCCOCCOC(=O)c1ccccc1Nc1cccc(C(F)(F)F)c1)Oc1c(F)c(F)c(F)c(F)c1F. The summed E-state index contributed by atoms with van der Waals surface area (Å²) in [5, 5.41) is 2.84. The molecule has 0 radical (unpaired) electrons. The fourth-order valence-corrected chi connectivity index (χ4v) is 5.05. The maximum atomic E-state index is 13.6. The third-order valence-electron chi connectivity index (χ3n) is 8.26. The lowest BCUT2D eigenvalue weighted by atomic mass is 10.1. The van der Waals surface area contributed by atoms with Gasteiger partial charge >= 0.3 is 18.1 Å². The van der Waals surface area contributed by atoms with Crippen LogP contribution < -0.4 is 10.1 Å². The van der Waals surface area contributed by atoms with Crippen molar-refractivity contribution in [2.24, 2.45) is 0 Å². The molecule has 0 aliphatic rings. The Morgan fingerprint density at radius 1 is 0.455 bits per heavy atom. The van der Waals surface area contributed by atoms with Gasteiger partial charge in [-0.2, -0.15) is 22.0 Å². The molecule has 0 aliphatic heterocycles. The maximum Gasteiger partial charge on any atom is 0.416 e. The monoisotopic (exact) mass is 959 g/mol. The minimum atomic E-state index is -4.50. The van der Waals surface area contributed by atoms with Crippen molar-refractivity contribution in [3.63, 3.8) is 0 Å². The number of halogens is 8. The van der Waals surface area contributed by atoms with Crippen LogP contribution in [0.15, 0.2) is 48.5 Å².